The minimum absolute atomic E-state index is 0.0787. The molecule has 6 heteroatoms. The van der Waals surface area contributed by atoms with Crippen molar-refractivity contribution in [3.63, 3.8) is 0 Å². The molecule has 0 saturated carbocycles. The first kappa shape index (κ1) is 14.2. The molecule has 0 aliphatic carbocycles. The van der Waals surface area contributed by atoms with Crippen LogP contribution in [0.2, 0.25) is 0 Å². The van der Waals surface area contributed by atoms with Crippen molar-refractivity contribution in [2.75, 3.05) is 25.0 Å². The molecule has 0 aliphatic rings. The minimum atomic E-state index is -0.272. The van der Waals surface area contributed by atoms with Crippen LogP contribution in [-0.2, 0) is 0 Å². The van der Waals surface area contributed by atoms with E-state index in [0.717, 1.165) is 0 Å². The smallest absolute Gasteiger partial charge is 0.323 e. The number of nitrogens with one attached hydrogen (secondary N) is 1. The molecule has 0 fully saturated rings. The zero-order valence-electron chi connectivity index (χ0n) is 10.8. The van der Waals surface area contributed by atoms with Crippen molar-refractivity contribution in [3.05, 3.63) is 24.9 Å². The Hall–Kier alpha value is -1.82. The summed E-state index contributed by atoms with van der Waals surface area (Å²) in [5.41, 5.74) is 0. The van der Waals surface area contributed by atoms with E-state index in [0.29, 0.717) is 12.4 Å². The van der Waals surface area contributed by atoms with Gasteiger partial charge in [0.2, 0.25) is 0 Å². The van der Waals surface area contributed by atoms with E-state index in [1.807, 2.05) is 13.8 Å². The number of aromatic nitrogens is 2. The molecule has 0 unspecified atom stereocenters. The predicted octanol–water partition coefficient (Wildman–Crippen LogP) is 1.48. The molecule has 1 rings (SSSR count). The van der Waals surface area contributed by atoms with Crippen LogP contribution < -0.4 is 5.32 Å². The summed E-state index contributed by atoms with van der Waals surface area (Å²) in [6.07, 6.45) is 3.26. The number of rotatable bonds is 6. The van der Waals surface area contributed by atoms with Gasteiger partial charge in [-0.25, -0.2) is 9.48 Å². The lowest BCUT2D eigenvalue weighted by Crippen LogP contribution is -2.37. The number of nitrogens with zero attached hydrogens (tertiary/aromatic N) is 3. The third-order valence-corrected chi connectivity index (χ3v) is 2.40. The van der Waals surface area contributed by atoms with Crippen molar-refractivity contribution in [3.8, 4) is 0 Å². The van der Waals surface area contributed by atoms with Crippen molar-refractivity contribution in [1.82, 2.24) is 14.7 Å². The van der Waals surface area contributed by atoms with Crippen LogP contribution in [0.1, 0.15) is 19.9 Å². The zero-order chi connectivity index (χ0) is 13.5. The summed E-state index contributed by atoms with van der Waals surface area (Å²) >= 11 is 0. The topological polar surface area (TPSA) is 70.4 Å². The van der Waals surface area contributed by atoms with Crippen LogP contribution in [0.15, 0.2) is 24.9 Å². The standard InChI is InChI=1S/C12H20N4O2/c1-4-7-15(8-9-17)12(18)14-11-5-6-13-16(11)10(2)3/h4-6,10,17H,1,7-9H2,2-3H3,(H,14,18). The molecule has 0 radical (unpaired) electrons. The maximum atomic E-state index is 12.0. The van der Waals surface area contributed by atoms with E-state index in [1.54, 1.807) is 23.0 Å². The first-order valence-corrected chi connectivity index (χ1v) is 5.91. The highest BCUT2D eigenvalue weighted by atomic mass is 16.3. The van der Waals surface area contributed by atoms with Gasteiger partial charge in [-0.2, -0.15) is 5.10 Å². The highest BCUT2D eigenvalue weighted by Gasteiger charge is 2.14. The van der Waals surface area contributed by atoms with Crippen molar-refractivity contribution >= 4 is 11.8 Å². The van der Waals surface area contributed by atoms with Crippen molar-refractivity contribution < 1.29 is 9.90 Å². The Bertz CT molecular complexity index is 401. The molecule has 0 aliphatic heterocycles. The molecular formula is C12H20N4O2. The number of hydrogen-bond donors (Lipinski definition) is 2. The van der Waals surface area contributed by atoms with Gasteiger partial charge in [-0.05, 0) is 13.8 Å². The van der Waals surface area contributed by atoms with Crippen molar-refractivity contribution in [2.24, 2.45) is 0 Å². The molecule has 1 aromatic heterocycles. The Balaban J connectivity index is 2.72. The fourth-order valence-electron chi connectivity index (χ4n) is 1.57. The molecule has 2 amide bonds. The van der Waals surface area contributed by atoms with Gasteiger partial charge in [0.25, 0.3) is 0 Å². The molecule has 0 spiro atoms. The molecule has 0 saturated heterocycles. The second kappa shape index (κ2) is 6.80. The van der Waals surface area contributed by atoms with Gasteiger partial charge in [0.05, 0.1) is 12.8 Å². The lowest BCUT2D eigenvalue weighted by atomic mass is 10.4. The van der Waals surface area contributed by atoms with E-state index >= 15 is 0 Å². The third-order valence-electron chi connectivity index (χ3n) is 2.40. The number of aliphatic hydroxyl groups is 1. The predicted molar refractivity (Wildman–Crippen MR) is 70.5 cm³/mol. The molecule has 18 heavy (non-hydrogen) atoms. The summed E-state index contributed by atoms with van der Waals surface area (Å²) < 4.78 is 1.73. The number of urea groups is 1. The summed E-state index contributed by atoms with van der Waals surface area (Å²) in [7, 11) is 0. The molecule has 1 heterocycles. The first-order chi connectivity index (χ1) is 8.60. The van der Waals surface area contributed by atoms with E-state index in [-0.39, 0.29) is 25.2 Å². The Morgan fingerprint density at radius 1 is 1.72 bits per heavy atom. The van der Waals surface area contributed by atoms with Crippen LogP contribution in [0.4, 0.5) is 10.6 Å². The number of carbonyl (C=O) groups is 1. The Labute approximate surface area is 107 Å². The fourth-order valence-corrected chi connectivity index (χ4v) is 1.57. The maximum Gasteiger partial charge on any atom is 0.323 e. The van der Waals surface area contributed by atoms with Gasteiger partial charge in [0.1, 0.15) is 5.82 Å². The SMILES string of the molecule is C=CCN(CCO)C(=O)Nc1ccnn1C(C)C. The van der Waals surface area contributed by atoms with Gasteiger partial charge < -0.3 is 10.0 Å². The second-order valence-electron chi connectivity index (χ2n) is 4.14. The van der Waals surface area contributed by atoms with Gasteiger partial charge in [-0.1, -0.05) is 6.08 Å². The van der Waals surface area contributed by atoms with Crippen molar-refractivity contribution in [2.45, 2.75) is 19.9 Å². The van der Waals surface area contributed by atoms with Crippen LogP contribution >= 0.6 is 0 Å². The summed E-state index contributed by atoms with van der Waals surface area (Å²) in [6, 6.07) is 1.63. The largest absolute Gasteiger partial charge is 0.395 e. The van der Waals surface area contributed by atoms with Gasteiger partial charge >= 0.3 is 6.03 Å². The van der Waals surface area contributed by atoms with Gasteiger partial charge in [-0.3, -0.25) is 5.32 Å². The van der Waals surface area contributed by atoms with Gasteiger partial charge in [-0.15, -0.1) is 6.58 Å². The van der Waals surface area contributed by atoms with E-state index < -0.39 is 0 Å². The summed E-state index contributed by atoms with van der Waals surface area (Å²) in [4.78, 5) is 13.5. The molecule has 0 atom stereocenters. The van der Waals surface area contributed by atoms with Crippen LogP contribution in [0.25, 0.3) is 0 Å². The second-order valence-corrected chi connectivity index (χ2v) is 4.14. The van der Waals surface area contributed by atoms with E-state index in [9.17, 15) is 4.79 Å². The molecule has 2 N–H and O–H groups in total. The first-order valence-electron chi connectivity index (χ1n) is 5.91. The van der Waals surface area contributed by atoms with Gasteiger partial charge in [0.15, 0.2) is 0 Å². The molecular weight excluding hydrogens is 232 g/mol. The lowest BCUT2D eigenvalue weighted by molar-refractivity contribution is 0.195. The van der Waals surface area contributed by atoms with Crippen LogP contribution in [0.5, 0.6) is 0 Å². The summed E-state index contributed by atoms with van der Waals surface area (Å²) in [5, 5.41) is 15.8. The molecule has 0 bridgehead atoms. The molecule has 1 aromatic rings. The lowest BCUT2D eigenvalue weighted by Gasteiger charge is -2.21. The number of amides is 2. The fraction of sp³-hybridized carbons (Fsp3) is 0.500. The average Bonchev–Trinajstić information content (AvgIpc) is 2.77. The Morgan fingerprint density at radius 3 is 3.00 bits per heavy atom. The normalized spacial score (nSPS) is 10.4. The quantitative estimate of drug-likeness (QED) is 0.753. The molecule has 0 aromatic carbocycles. The number of carbonyl (C=O) groups excluding carboxylic acids is 1. The average molecular weight is 252 g/mol. The molecule has 6 nitrogen and oxygen atoms in total. The van der Waals surface area contributed by atoms with Crippen LogP contribution in [-0.4, -0.2) is 45.5 Å². The summed E-state index contributed by atoms with van der Waals surface area (Å²) in [5.74, 6) is 0.641. The van der Waals surface area contributed by atoms with E-state index in [4.69, 9.17) is 5.11 Å². The summed E-state index contributed by atoms with van der Waals surface area (Å²) in [6.45, 7) is 8.14. The Morgan fingerprint density at radius 2 is 2.44 bits per heavy atom. The van der Waals surface area contributed by atoms with Crippen molar-refractivity contribution in [1.29, 1.82) is 0 Å². The van der Waals surface area contributed by atoms with E-state index in [2.05, 4.69) is 17.0 Å². The van der Waals surface area contributed by atoms with Crippen LogP contribution in [0, 0.1) is 0 Å². The zero-order valence-corrected chi connectivity index (χ0v) is 10.8. The highest BCUT2D eigenvalue weighted by molar-refractivity contribution is 5.88. The monoisotopic (exact) mass is 252 g/mol. The van der Waals surface area contributed by atoms with Gasteiger partial charge in [0, 0.05) is 25.2 Å². The number of hydrogen-bond acceptors (Lipinski definition) is 3. The number of anilines is 1. The third kappa shape index (κ3) is 3.59. The highest BCUT2D eigenvalue weighted by Crippen LogP contribution is 2.13. The maximum absolute atomic E-state index is 12.0. The Kier molecular flexibility index (Phi) is 5.38. The van der Waals surface area contributed by atoms with E-state index in [1.165, 1.54) is 4.90 Å². The minimum Gasteiger partial charge on any atom is -0.395 e. The molecule has 100 valence electrons. The number of aliphatic hydroxyl groups excluding tert-OH is 1. The van der Waals surface area contributed by atoms with Crippen LogP contribution in [0.3, 0.4) is 0 Å².